The van der Waals surface area contributed by atoms with Gasteiger partial charge in [-0.1, -0.05) is 74.5 Å². The topological polar surface area (TPSA) is 245 Å². The SMILES string of the molecule is CCc1nc2c(cnn2CC)c(NC2CCOCC2)c1CNC(=O)C1(C(=O)NCc2ccc(F)c(-c3cccc(CC4CCN(C)CC4)c3)c2)CC1.CCc1nc2c(cnn2CC)c(NC2CCOCC2)c1CNC(=O)C1(C(=O)NCc2ccc(F)c(Br)c2)CC1.CN1CCC(Cc2cccc(B3OC(C)(C)C(C)(C)O3)c2)CC1. The van der Waals surface area contributed by atoms with Gasteiger partial charge in [-0.15, -0.1) is 0 Å². The summed E-state index contributed by atoms with van der Waals surface area (Å²) >= 11 is 3.17. The third-order valence-corrected chi connectivity index (χ3v) is 25.4. The molecule has 4 amide bonds. The Morgan fingerprint density at radius 2 is 0.939 bits per heavy atom. The van der Waals surface area contributed by atoms with Gasteiger partial charge in [-0.2, -0.15) is 10.2 Å². The van der Waals surface area contributed by atoms with Gasteiger partial charge in [0.2, 0.25) is 23.6 Å². The average molecular weight is 1630 g/mol. The Bertz CT molecular complexity index is 4690. The molecule has 5 aliphatic heterocycles. The molecule has 9 heterocycles. The van der Waals surface area contributed by atoms with Gasteiger partial charge in [0.25, 0.3) is 0 Å². The van der Waals surface area contributed by atoms with Crippen LogP contribution in [0, 0.1) is 34.3 Å². The van der Waals surface area contributed by atoms with Crippen molar-refractivity contribution >= 4 is 85.6 Å². The lowest BCUT2D eigenvalue weighted by molar-refractivity contribution is -0.138. The molecule has 2 aliphatic carbocycles. The summed E-state index contributed by atoms with van der Waals surface area (Å²) in [5, 5.41) is 30.4. The molecule has 0 atom stereocenters. The highest BCUT2D eigenvalue weighted by atomic mass is 79.9. The molecule has 0 unspecified atom stereocenters. The number of pyridine rings is 2. The Morgan fingerprint density at radius 3 is 1.37 bits per heavy atom. The van der Waals surface area contributed by atoms with Crippen LogP contribution in [0.1, 0.15) is 177 Å². The van der Waals surface area contributed by atoms with E-state index in [1.807, 2.05) is 60.7 Å². The maximum Gasteiger partial charge on any atom is 0.494 e. The van der Waals surface area contributed by atoms with Crippen LogP contribution < -0.4 is 37.4 Å². The lowest BCUT2D eigenvalue weighted by atomic mass is 9.77. The standard InChI is InChI=1S/C41H52FN7O3.C28H34BrFN6O3.C19H30BNO2/c1-4-36-33(37(46-31-13-19-52-20-14-31)34-26-45-49(5-2)38(34)47-36)25-44-40(51)41(15-16-41)39(50)43-24-29-9-10-35(42)32(23-29)30-8-6-7-28(22-30)21-27-11-17-48(3)18-12-27;1-3-23-19(24(34-18-7-11-39-12-8-18)20-16-33-36(4-2)25(20)35-23)15-32-27(38)28(9-10-28)26(37)31-14-17-5-6-22(30)21(29)13-17;1-18(2)19(3,4)23-20(22-18)17-8-6-7-16(14-17)13-15-9-11-21(5)12-10-15/h6-10,22-23,26-27,31H,4-5,11-21,24-25H2,1-3H3,(H,43,50)(H,44,51)(H,46,47);5-6,13,16,18H,3-4,7-12,14-15H2,1-2H3,(H,31,37)(H,32,38)(H,34,35);6-8,14-15H,9-13H2,1-5H3. The normalized spacial score (nSPS) is 19.0. The molecule has 0 bridgehead atoms. The summed E-state index contributed by atoms with van der Waals surface area (Å²) in [6.07, 6.45) is 17.7. The smallest absolute Gasteiger partial charge is 0.399 e. The van der Waals surface area contributed by atoms with Gasteiger partial charge in [0.1, 0.15) is 22.5 Å². The van der Waals surface area contributed by atoms with Crippen LogP contribution >= 0.6 is 15.9 Å². The number of aryl methyl sites for hydroxylation is 4. The molecule has 4 aromatic carbocycles. The van der Waals surface area contributed by atoms with E-state index in [1.54, 1.807) is 18.2 Å². The van der Waals surface area contributed by atoms with Gasteiger partial charge in [-0.25, -0.2) is 28.1 Å². The highest BCUT2D eigenvalue weighted by Crippen LogP contribution is 2.48. The monoisotopic (exact) mass is 1620 g/mol. The third-order valence-electron chi connectivity index (χ3n) is 24.8. The lowest BCUT2D eigenvalue weighted by Crippen LogP contribution is -2.42. The van der Waals surface area contributed by atoms with Crippen LogP contribution in [0.2, 0.25) is 0 Å². The first kappa shape index (κ1) is 83.7. The second-order valence-electron chi connectivity index (χ2n) is 33.4. The summed E-state index contributed by atoms with van der Waals surface area (Å²) < 4.78 is 56.3. The molecule has 0 radical (unpaired) electrons. The first-order chi connectivity index (χ1) is 54.9. The number of likely N-dealkylation sites (tertiary alicyclic amines) is 2. The number of carbonyl (C=O) groups excluding carboxylic acids is 4. The van der Waals surface area contributed by atoms with Crippen molar-refractivity contribution in [2.45, 2.75) is 221 Å². The molecule has 22 nitrogen and oxygen atoms in total. The van der Waals surface area contributed by atoms with Crippen LogP contribution in [0.4, 0.5) is 20.2 Å². The van der Waals surface area contributed by atoms with Crippen molar-refractivity contribution < 1.29 is 46.7 Å². The van der Waals surface area contributed by atoms with Crippen molar-refractivity contribution in [1.29, 1.82) is 0 Å². The van der Waals surface area contributed by atoms with E-state index in [0.717, 1.165) is 129 Å². The molecular weight excluding hydrogens is 1510 g/mol. The molecule has 0 spiro atoms. The Hall–Kier alpha value is -8.24. The maximum atomic E-state index is 15.2. The number of carbonyl (C=O) groups is 4. The number of halogens is 3. The number of nitrogens with one attached hydrogen (secondary N) is 6. The number of amides is 4. The van der Waals surface area contributed by atoms with Gasteiger partial charge >= 0.3 is 7.12 Å². The van der Waals surface area contributed by atoms with E-state index in [0.29, 0.717) is 94.0 Å². The minimum atomic E-state index is -1.11. The quantitative estimate of drug-likeness (QED) is 0.0218. The van der Waals surface area contributed by atoms with E-state index < -0.39 is 10.8 Å². The Kier molecular flexibility index (Phi) is 27.1. The van der Waals surface area contributed by atoms with Crippen LogP contribution in [0.25, 0.3) is 33.2 Å². The van der Waals surface area contributed by atoms with Crippen LogP contribution in [0.5, 0.6) is 0 Å². The molecule has 2 saturated carbocycles. The summed E-state index contributed by atoms with van der Waals surface area (Å²) in [6, 6.07) is 27.0. The number of benzene rings is 4. The predicted octanol–water partition coefficient (Wildman–Crippen LogP) is 13.1. The van der Waals surface area contributed by atoms with Gasteiger partial charge in [0, 0.05) is 106 Å². The first-order valence-electron chi connectivity index (χ1n) is 41.6. The molecule has 26 heteroatoms. The maximum absolute atomic E-state index is 15.2. The molecule has 7 aliphatic rings. The fraction of sp³-hybridized carbons (Fsp3) is 0.545. The fourth-order valence-corrected chi connectivity index (χ4v) is 16.8. The van der Waals surface area contributed by atoms with Crippen LogP contribution in [0.3, 0.4) is 0 Å². The zero-order chi connectivity index (χ0) is 80.5. The summed E-state index contributed by atoms with van der Waals surface area (Å²) in [4.78, 5) is 68.5. The van der Waals surface area contributed by atoms with Gasteiger partial charge in [0.15, 0.2) is 11.3 Å². The van der Waals surface area contributed by atoms with Crippen molar-refractivity contribution in [2.75, 3.05) is 77.3 Å². The van der Waals surface area contributed by atoms with Gasteiger partial charge in [-0.3, -0.25) is 19.2 Å². The molecule has 7 fully saturated rings. The van der Waals surface area contributed by atoms with Crippen LogP contribution in [-0.2, 0) is 103 Å². The van der Waals surface area contributed by atoms with E-state index in [4.69, 9.17) is 28.8 Å². The molecular formula is C88H116BBrF2N14O8. The molecule has 610 valence electrons. The number of piperidine rings is 2. The minimum absolute atomic E-state index is 0.206. The van der Waals surface area contributed by atoms with Gasteiger partial charge < -0.3 is 60.5 Å². The first-order valence-corrected chi connectivity index (χ1v) is 42.4. The number of rotatable bonds is 26. The predicted molar refractivity (Wildman–Crippen MR) is 447 cm³/mol. The molecule has 114 heavy (non-hydrogen) atoms. The third kappa shape index (κ3) is 19.5. The highest BCUT2D eigenvalue weighted by molar-refractivity contribution is 9.10. The van der Waals surface area contributed by atoms with Gasteiger partial charge in [0.05, 0.1) is 50.2 Å². The van der Waals surface area contributed by atoms with Crippen molar-refractivity contribution in [3.8, 4) is 11.1 Å². The number of ether oxygens (including phenoxy) is 2. The lowest BCUT2D eigenvalue weighted by Gasteiger charge is -2.32. The zero-order valence-corrected chi connectivity index (χ0v) is 69.9. The largest absolute Gasteiger partial charge is 0.494 e. The number of hydrogen-bond donors (Lipinski definition) is 6. The van der Waals surface area contributed by atoms with Crippen molar-refractivity contribution in [3.63, 3.8) is 0 Å². The summed E-state index contributed by atoms with van der Waals surface area (Å²) in [6.45, 7) is 26.5. The number of nitrogens with zero attached hydrogens (tertiary/aromatic N) is 8. The number of anilines is 2. The number of hydrogen-bond acceptors (Lipinski definition) is 16. The highest BCUT2D eigenvalue weighted by Gasteiger charge is 2.58. The summed E-state index contributed by atoms with van der Waals surface area (Å²) in [5.74, 6) is -0.399. The van der Waals surface area contributed by atoms with Gasteiger partial charge in [-0.05, 0) is 270 Å². The van der Waals surface area contributed by atoms with Crippen LogP contribution in [0.15, 0.2) is 102 Å². The average Bonchev–Trinajstić information content (AvgIpc) is 1.56. The fourth-order valence-electron chi connectivity index (χ4n) is 16.4. The summed E-state index contributed by atoms with van der Waals surface area (Å²) in [5.41, 5.74) is 11.1. The van der Waals surface area contributed by atoms with Crippen LogP contribution in [-0.4, -0.2) is 160 Å². The van der Waals surface area contributed by atoms with E-state index in [2.05, 4.69) is 153 Å². The Labute approximate surface area is 679 Å². The second-order valence-corrected chi connectivity index (χ2v) is 34.2. The molecule has 15 rings (SSSR count). The van der Waals surface area contributed by atoms with Crippen molar-refractivity contribution in [1.82, 2.24) is 60.6 Å². The summed E-state index contributed by atoms with van der Waals surface area (Å²) in [7, 11) is 4.13. The van der Waals surface area contributed by atoms with E-state index in [1.165, 1.54) is 68.5 Å². The molecule has 5 saturated heterocycles. The molecule has 4 aromatic heterocycles. The van der Waals surface area contributed by atoms with E-state index in [9.17, 15) is 23.6 Å². The zero-order valence-electron chi connectivity index (χ0n) is 68.3. The second kappa shape index (κ2) is 36.9. The van der Waals surface area contributed by atoms with E-state index >= 15 is 4.39 Å². The minimum Gasteiger partial charge on any atom is -0.399 e. The van der Waals surface area contributed by atoms with E-state index in [-0.39, 0.29) is 91.8 Å². The Balaban J connectivity index is 0.000000161. The number of fused-ring (bicyclic) bond motifs is 2. The van der Waals surface area contributed by atoms with Crippen molar-refractivity contribution in [3.05, 3.63) is 158 Å². The molecule has 6 N–H and O–H groups in total. The van der Waals surface area contributed by atoms with Crippen molar-refractivity contribution in [2.24, 2.45) is 22.7 Å². The molecule has 8 aromatic rings. The number of aromatic nitrogens is 6. The Morgan fingerprint density at radius 1 is 0.518 bits per heavy atom.